The lowest BCUT2D eigenvalue weighted by atomic mass is 10.1. The number of rotatable bonds is 10. The maximum absolute atomic E-state index is 12.3. The van der Waals surface area contributed by atoms with Crippen LogP contribution in [0.3, 0.4) is 0 Å². The number of urea groups is 1. The minimum Gasteiger partial charge on any atom is -0.494 e. The normalized spacial score (nSPS) is 10.4. The number of benzene rings is 1. The van der Waals surface area contributed by atoms with Crippen molar-refractivity contribution < 1.29 is 19.1 Å². The molecule has 1 aromatic carbocycles. The van der Waals surface area contributed by atoms with Crippen molar-refractivity contribution in [1.82, 2.24) is 14.7 Å². The maximum atomic E-state index is 12.3. The third-order valence-electron chi connectivity index (χ3n) is 4.18. The van der Waals surface area contributed by atoms with Crippen LogP contribution in [0.2, 0.25) is 0 Å². The molecule has 3 amide bonds. The fraction of sp³-hybridized carbons (Fsp3) is 0.238. The minimum atomic E-state index is -0.740. The Labute approximate surface area is 183 Å². The summed E-state index contributed by atoms with van der Waals surface area (Å²) >= 11 is 0.923. The Morgan fingerprint density at radius 1 is 1.16 bits per heavy atom. The van der Waals surface area contributed by atoms with E-state index in [2.05, 4.69) is 20.0 Å². The van der Waals surface area contributed by atoms with Crippen LogP contribution in [0.15, 0.2) is 48.8 Å². The van der Waals surface area contributed by atoms with Crippen molar-refractivity contribution in [2.45, 2.75) is 20.0 Å². The van der Waals surface area contributed by atoms with Crippen molar-refractivity contribution in [2.24, 2.45) is 5.73 Å². The number of pyridine rings is 1. The molecule has 9 nitrogen and oxygen atoms in total. The number of nitrogens with zero attached hydrogens (tertiary/aromatic N) is 2. The van der Waals surface area contributed by atoms with Crippen molar-refractivity contribution >= 4 is 28.5 Å². The number of primary amides is 1. The molecule has 0 saturated heterocycles. The maximum Gasteiger partial charge on any atom is 0.319 e. The van der Waals surface area contributed by atoms with E-state index in [-0.39, 0.29) is 23.1 Å². The van der Waals surface area contributed by atoms with Gasteiger partial charge in [-0.2, -0.15) is 4.37 Å². The first-order chi connectivity index (χ1) is 15.1. The highest BCUT2D eigenvalue weighted by Crippen LogP contribution is 2.30. The number of carbonyl (C=O) groups is 2. The van der Waals surface area contributed by atoms with Crippen molar-refractivity contribution in [3.05, 3.63) is 65.5 Å². The molecule has 0 bridgehead atoms. The zero-order valence-corrected chi connectivity index (χ0v) is 17.8. The summed E-state index contributed by atoms with van der Waals surface area (Å²) in [6.45, 7) is 3.04. The summed E-state index contributed by atoms with van der Waals surface area (Å²) in [7, 11) is 0. The topological polar surface area (TPSA) is 128 Å². The van der Waals surface area contributed by atoms with Crippen LogP contribution in [-0.2, 0) is 13.0 Å². The van der Waals surface area contributed by atoms with Gasteiger partial charge in [-0.25, -0.2) is 4.79 Å². The number of nitrogens with two attached hydrogens (primary N) is 1. The Balaban J connectivity index is 1.57. The van der Waals surface area contributed by atoms with Gasteiger partial charge in [-0.15, -0.1) is 0 Å². The lowest BCUT2D eigenvalue weighted by Gasteiger charge is -2.11. The van der Waals surface area contributed by atoms with Gasteiger partial charge in [0.15, 0.2) is 0 Å². The van der Waals surface area contributed by atoms with Gasteiger partial charge < -0.3 is 20.5 Å². The van der Waals surface area contributed by atoms with Crippen LogP contribution in [-0.4, -0.2) is 34.4 Å². The van der Waals surface area contributed by atoms with E-state index in [1.54, 1.807) is 18.5 Å². The number of amides is 3. The van der Waals surface area contributed by atoms with Crippen LogP contribution in [0.5, 0.6) is 11.6 Å². The molecule has 0 fully saturated rings. The Hall–Kier alpha value is -3.66. The first-order valence-corrected chi connectivity index (χ1v) is 10.4. The smallest absolute Gasteiger partial charge is 0.319 e. The molecule has 162 valence electrons. The predicted octanol–water partition coefficient (Wildman–Crippen LogP) is 2.98. The molecule has 3 aromatic rings. The van der Waals surface area contributed by atoms with E-state index < -0.39 is 11.9 Å². The fourth-order valence-electron chi connectivity index (χ4n) is 2.78. The Morgan fingerprint density at radius 3 is 2.74 bits per heavy atom. The molecule has 0 unspecified atom stereocenters. The molecule has 0 atom stereocenters. The van der Waals surface area contributed by atoms with Crippen LogP contribution >= 0.6 is 11.5 Å². The lowest BCUT2D eigenvalue weighted by molar-refractivity contribution is 0.0996. The van der Waals surface area contributed by atoms with E-state index in [0.29, 0.717) is 19.6 Å². The predicted molar refractivity (Wildman–Crippen MR) is 118 cm³/mol. The number of anilines is 1. The van der Waals surface area contributed by atoms with Gasteiger partial charge in [0, 0.05) is 24.5 Å². The molecule has 2 aromatic heterocycles. The number of hydrogen-bond donors (Lipinski definition) is 3. The summed E-state index contributed by atoms with van der Waals surface area (Å²) in [5, 5.41) is 5.60. The monoisotopic (exact) mass is 441 g/mol. The van der Waals surface area contributed by atoms with Crippen LogP contribution < -0.4 is 25.8 Å². The molecular weight excluding hydrogens is 418 g/mol. The molecule has 4 N–H and O–H groups in total. The summed E-state index contributed by atoms with van der Waals surface area (Å²) in [6.07, 6.45) is 3.89. The molecule has 0 aliphatic heterocycles. The molecule has 3 rings (SSSR count). The molecule has 10 heteroatoms. The van der Waals surface area contributed by atoms with Gasteiger partial charge in [0.25, 0.3) is 5.91 Å². The van der Waals surface area contributed by atoms with E-state index in [1.807, 2.05) is 37.3 Å². The molecule has 0 radical (unpaired) electrons. The van der Waals surface area contributed by atoms with Crippen LogP contribution in [0.1, 0.15) is 28.4 Å². The first kappa shape index (κ1) is 22.0. The second-order valence-corrected chi connectivity index (χ2v) is 7.15. The Kier molecular flexibility index (Phi) is 7.77. The van der Waals surface area contributed by atoms with E-state index in [1.165, 1.54) is 0 Å². The number of carbonyl (C=O) groups excluding carboxylic acids is 2. The highest BCUT2D eigenvalue weighted by atomic mass is 32.1. The van der Waals surface area contributed by atoms with E-state index in [9.17, 15) is 9.59 Å². The third-order valence-corrected chi connectivity index (χ3v) is 4.93. The van der Waals surface area contributed by atoms with Crippen molar-refractivity contribution in [3.8, 4) is 11.6 Å². The van der Waals surface area contributed by atoms with Gasteiger partial charge in [0.2, 0.25) is 5.88 Å². The fourth-order valence-corrected chi connectivity index (χ4v) is 3.51. The van der Waals surface area contributed by atoms with E-state index >= 15 is 0 Å². The van der Waals surface area contributed by atoms with Crippen molar-refractivity contribution in [2.75, 3.05) is 18.5 Å². The standard InChI is InChI=1S/C21H23N5O4S/c1-2-29-16-8-4-3-7-15(16)9-11-24-21(28)25-20-17(18(22)27)19(26-31-20)30-13-14-6-5-10-23-12-14/h3-8,10,12H,2,9,11,13H2,1H3,(H2,22,27)(H2,24,25,28). The summed E-state index contributed by atoms with van der Waals surface area (Å²) < 4.78 is 15.3. The van der Waals surface area contributed by atoms with Gasteiger partial charge in [0.1, 0.15) is 22.9 Å². The zero-order valence-electron chi connectivity index (χ0n) is 17.0. The number of para-hydroxylation sites is 1. The van der Waals surface area contributed by atoms with E-state index in [0.717, 1.165) is 28.4 Å². The van der Waals surface area contributed by atoms with Gasteiger partial charge in [0.05, 0.1) is 6.61 Å². The summed E-state index contributed by atoms with van der Waals surface area (Å²) in [4.78, 5) is 28.2. The molecule has 0 spiro atoms. The summed E-state index contributed by atoms with van der Waals surface area (Å²) in [5.41, 5.74) is 7.31. The Bertz CT molecular complexity index is 1030. The van der Waals surface area contributed by atoms with Gasteiger partial charge in [-0.1, -0.05) is 24.3 Å². The van der Waals surface area contributed by atoms with Crippen LogP contribution in [0, 0.1) is 0 Å². The average Bonchev–Trinajstić information content (AvgIpc) is 3.17. The number of hydrogen-bond acceptors (Lipinski definition) is 7. The number of nitrogens with one attached hydrogen (secondary N) is 2. The highest BCUT2D eigenvalue weighted by molar-refractivity contribution is 7.11. The summed E-state index contributed by atoms with van der Waals surface area (Å²) in [6, 6.07) is 10.8. The molecule has 0 aliphatic carbocycles. The van der Waals surface area contributed by atoms with Crippen LogP contribution in [0.4, 0.5) is 9.80 Å². The van der Waals surface area contributed by atoms with Gasteiger partial charge in [-0.3, -0.25) is 15.1 Å². The average molecular weight is 442 g/mol. The Morgan fingerprint density at radius 2 is 2.00 bits per heavy atom. The molecular formula is C21H23N5O4S. The quantitative estimate of drug-likeness (QED) is 0.444. The SMILES string of the molecule is CCOc1ccccc1CCNC(=O)Nc1snc(OCc2cccnc2)c1C(N)=O. The largest absolute Gasteiger partial charge is 0.494 e. The highest BCUT2D eigenvalue weighted by Gasteiger charge is 2.22. The third kappa shape index (κ3) is 6.16. The molecule has 31 heavy (non-hydrogen) atoms. The van der Waals surface area contributed by atoms with Gasteiger partial charge >= 0.3 is 6.03 Å². The van der Waals surface area contributed by atoms with Gasteiger partial charge in [-0.05, 0) is 42.6 Å². The minimum absolute atomic E-state index is 0.0331. The van der Waals surface area contributed by atoms with E-state index in [4.69, 9.17) is 15.2 Å². The van der Waals surface area contributed by atoms with Crippen molar-refractivity contribution in [3.63, 3.8) is 0 Å². The second kappa shape index (κ2) is 10.9. The lowest BCUT2D eigenvalue weighted by Crippen LogP contribution is -2.31. The zero-order chi connectivity index (χ0) is 22.1. The molecule has 0 aliphatic rings. The molecule has 0 saturated carbocycles. The molecule has 2 heterocycles. The van der Waals surface area contributed by atoms with Crippen molar-refractivity contribution in [1.29, 1.82) is 0 Å². The number of ether oxygens (including phenoxy) is 2. The summed E-state index contributed by atoms with van der Waals surface area (Å²) in [5.74, 6) is 0.124. The second-order valence-electron chi connectivity index (χ2n) is 6.38. The van der Waals surface area contributed by atoms with Crippen LogP contribution in [0.25, 0.3) is 0 Å². The number of aromatic nitrogens is 2. The first-order valence-electron chi connectivity index (χ1n) is 9.65.